The van der Waals surface area contributed by atoms with Crippen molar-refractivity contribution >= 4 is 0 Å². The van der Waals surface area contributed by atoms with E-state index in [-0.39, 0.29) is 5.75 Å². The van der Waals surface area contributed by atoms with Gasteiger partial charge in [0.1, 0.15) is 18.1 Å². The summed E-state index contributed by atoms with van der Waals surface area (Å²) >= 11 is 0. The van der Waals surface area contributed by atoms with Crippen LogP contribution in [0.4, 0.5) is 0 Å². The Bertz CT molecular complexity index is 323. The lowest BCUT2D eigenvalue weighted by Crippen LogP contribution is -2.40. The number of aromatic hydroxyl groups is 1. The molecule has 1 rings (SSSR count). The zero-order valence-corrected chi connectivity index (χ0v) is 10.6. The number of hydrogen-bond donors (Lipinski definition) is 1. The Kier molecular flexibility index (Phi) is 5.25. The summed E-state index contributed by atoms with van der Waals surface area (Å²) in [4.78, 5) is 0. The Hall–Kier alpha value is -1.26. The summed E-state index contributed by atoms with van der Waals surface area (Å²) in [6.45, 7) is 7.18. The summed E-state index contributed by atoms with van der Waals surface area (Å²) in [6.07, 6.45) is 0. The molecule has 1 atom stereocenters. The van der Waals surface area contributed by atoms with Crippen LogP contribution in [0.5, 0.6) is 11.5 Å². The molecule has 0 aliphatic carbocycles. The van der Waals surface area contributed by atoms with E-state index in [9.17, 15) is 5.11 Å². The van der Waals surface area contributed by atoms with Gasteiger partial charge in [0.2, 0.25) is 5.79 Å². The maximum absolute atomic E-state index is 9.19. The van der Waals surface area contributed by atoms with Crippen molar-refractivity contribution in [3.05, 3.63) is 24.3 Å². The quantitative estimate of drug-likeness (QED) is 0.744. The van der Waals surface area contributed by atoms with Crippen LogP contribution >= 0.6 is 0 Å². The fraction of sp³-hybridized carbons (Fsp3) is 0.538. The minimum Gasteiger partial charge on any atom is -0.508 e. The van der Waals surface area contributed by atoms with Crippen molar-refractivity contribution in [1.29, 1.82) is 0 Å². The fourth-order valence-corrected chi connectivity index (χ4v) is 1.46. The molecule has 96 valence electrons. The van der Waals surface area contributed by atoms with E-state index in [0.29, 0.717) is 25.6 Å². The molecule has 1 unspecified atom stereocenters. The summed E-state index contributed by atoms with van der Waals surface area (Å²) < 4.78 is 16.6. The minimum absolute atomic E-state index is 0.209. The van der Waals surface area contributed by atoms with Crippen molar-refractivity contribution in [3.63, 3.8) is 0 Å². The van der Waals surface area contributed by atoms with E-state index >= 15 is 0 Å². The number of phenolic OH excluding ortho intramolecular Hbond substituents is 1. The van der Waals surface area contributed by atoms with Crippen molar-refractivity contribution in [2.24, 2.45) is 0 Å². The van der Waals surface area contributed by atoms with Crippen molar-refractivity contribution in [1.82, 2.24) is 0 Å². The zero-order valence-electron chi connectivity index (χ0n) is 10.6. The lowest BCUT2D eigenvalue weighted by molar-refractivity contribution is -0.198. The van der Waals surface area contributed by atoms with E-state index in [1.54, 1.807) is 24.3 Å². The monoisotopic (exact) mass is 240 g/mol. The van der Waals surface area contributed by atoms with E-state index in [4.69, 9.17) is 14.2 Å². The molecule has 0 aliphatic rings. The van der Waals surface area contributed by atoms with E-state index < -0.39 is 5.79 Å². The highest BCUT2D eigenvalue weighted by molar-refractivity contribution is 5.30. The molecule has 0 bridgehead atoms. The largest absolute Gasteiger partial charge is 0.508 e. The first-order chi connectivity index (χ1) is 8.09. The van der Waals surface area contributed by atoms with Gasteiger partial charge in [-0.3, -0.25) is 0 Å². The first kappa shape index (κ1) is 13.8. The molecule has 4 heteroatoms. The molecule has 1 N–H and O–H groups in total. The third-order valence-corrected chi connectivity index (χ3v) is 2.19. The van der Waals surface area contributed by atoms with Gasteiger partial charge in [0.15, 0.2) is 0 Å². The molecule has 0 aromatic heterocycles. The van der Waals surface area contributed by atoms with Crippen molar-refractivity contribution < 1.29 is 19.3 Å². The molecule has 17 heavy (non-hydrogen) atoms. The molecular formula is C13H20O4. The lowest BCUT2D eigenvalue weighted by Gasteiger charge is -2.29. The van der Waals surface area contributed by atoms with Gasteiger partial charge in [-0.15, -0.1) is 0 Å². The molecule has 4 nitrogen and oxygen atoms in total. The predicted molar refractivity (Wildman–Crippen MR) is 65.3 cm³/mol. The van der Waals surface area contributed by atoms with E-state index in [1.165, 1.54) is 0 Å². The number of hydrogen-bond acceptors (Lipinski definition) is 4. The Morgan fingerprint density at radius 2 is 1.76 bits per heavy atom. The first-order valence-electron chi connectivity index (χ1n) is 5.79. The molecule has 0 saturated heterocycles. The maximum Gasteiger partial charge on any atom is 0.231 e. The first-order valence-corrected chi connectivity index (χ1v) is 5.79. The van der Waals surface area contributed by atoms with Crippen LogP contribution in [0.15, 0.2) is 24.3 Å². The molecule has 1 aromatic carbocycles. The molecule has 0 aliphatic heterocycles. The Morgan fingerprint density at radius 1 is 1.12 bits per heavy atom. The average molecular weight is 240 g/mol. The van der Waals surface area contributed by atoms with Crippen LogP contribution in [0.1, 0.15) is 20.8 Å². The van der Waals surface area contributed by atoms with Crippen LogP contribution < -0.4 is 4.74 Å². The summed E-state index contributed by atoms with van der Waals surface area (Å²) in [5, 5.41) is 9.19. The third-order valence-electron chi connectivity index (χ3n) is 2.19. The second kappa shape index (κ2) is 6.47. The third kappa shape index (κ3) is 4.63. The van der Waals surface area contributed by atoms with Gasteiger partial charge < -0.3 is 19.3 Å². The van der Waals surface area contributed by atoms with E-state index in [2.05, 4.69) is 0 Å². The Labute approximate surface area is 102 Å². The standard InChI is InChI=1S/C13H20O4/c1-4-15-10-13(3,16-5-2)17-12-8-6-11(14)7-9-12/h6-9,14H,4-5,10H2,1-3H3. The van der Waals surface area contributed by atoms with Crippen molar-refractivity contribution in [2.45, 2.75) is 26.6 Å². The topological polar surface area (TPSA) is 47.9 Å². The van der Waals surface area contributed by atoms with Crippen molar-refractivity contribution in [3.8, 4) is 11.5 Å². The zero-order chi connectivity index (χ0) is 12.7. The number of phenols is 1. The van der Waals surface area contributed by atoms with Gasteiger partial charge in [-0.05, 0) is 38.1 Å². The molecule has 0 saturated carbocycles. The van der Waals surface area contributed by atoms with Gasteiger partial charge >= 0.3 is 0 Å². The van der Waals surface area contributed by atoms with E-state index in [1.807, 2.05) is 20.8 Å². The number of rotatable bonds is 7. The second-order valence-electron chi connectivity index (χ2n) is 3.80. The van der Waals surface area contributed by atoms with Gasteiger partial charge in [-0.25, -0.2) is 0 Å². The summed E-state index contributed by atoms with van der Waals surface area (Å²) in [6, 6.07) is 6.53. The van der Waals surface area contributed by atoms with Crippen molar-refractivity contribution in [2.75, 3.05) is 19.8 Å². The Balaban J connectivity index is 2.67. The van der Waals surface area contributed by atoms with Gasteiger partial charge in [0, 0.05) is 20.1 Å². The minimum atomic E-state index is -0.804. The highest BCUT2D eigenvalue weighted by atomic mass is 16.7. The molecule has 0 heterocycles. The summed E-state index contributed by atoms with van der Waals surface area (Å²) in [5.41, 5.74) is 0. The van der Waals surface area contributed by atoms with Crippen LogP contribution in [0.25, 0.3) is 0 Å². The fourth-order valence-electron chi connectivity index (χ4n) is 1.46. The van der Waals surface area contributed by atoms with Crippen LogP contribution in [-0.4, -0.2) is 30.7 Å². The Morgan fingerprint density at radius 3 is 2.29 bits per heavy atom. The lowest BCUT2D eigenvalue weighted by atomic mass is 10.3. The highest BCUT2D eigenvalue weighted by Crippen LogP contribution is 2.22. The van der Waals surface area contributed by atoms with Gasteiger partial charge in [0.25, 0.3) is 0 Å². The normalized spacial score (nSPS) is 14.3. The molecule has 1 aromatic rings. The van der Waals surface area contributed by atoms with Crippen LogP contribution in [0.2, 0.25) is 0 Å². The number of benzene rings is 1. The average Bonchev–Trinajstić information content (AvgIpc) is 2.30. The van der Waals surface area contributed by atoms with Crippen LogP contribution in [-0.2, 0) is 9.47 Å². The smallest absolute Gasteiger partial charge is 0.231 e. The van der Waals surface area contributed by atoms with Crippen LogP contribution in [0, 0.1) is 0 Å². The summed E-state index contributed by atoms with van der Waals surface area (Å²) in [7, 11) is 0. The molecule has 0 fully saturated rings. The van der Waals surface area contributed by atoms with Gasteiger partial charge in [0.05, 0.1) is 0 Å². The van der Waals surface area contributed by atoms with Crippen LogP contribution in [0.3, 0.4) is 0 Å². The molecule has 0 amide bonds. The number of ether oxygens (including phenoxy) is 3. The second-order valence-corrected chi connectivity index (χ2v) is 3.80. The molecule has 0 radical (unpaired) electrons. The predicted octanol–water partition coefficient (Wildman–Crippen LogP) is 2.56. The van der Waals surface area contributed by atoms with Gasteiger partial charge in [-0.1, -0.05) is 0 Å². The molecule has 0 spiro atoms. The summed E-state index contributed by atoms with van der Waals surface area (Å²) in [5.74, 6) is 0.0422. The SMILES string of the molecule is CCOCC(C)(OCC)Oc1ccc(O)cc1. The van der Waals surface area contributed by atoms with Gasteiger partial charge in [-0.2, -0.15) is 0 Å². The maximum atomic E-state index is 9.19. The molecular weight excluding hydrogens is 220 g/mol. The highest BCUT2D eigenvalue weighted by Gasteiger charge is 2.27. The van der Waals surface area contributed by atoms with E-state index in [0.717, 1.165) is 0 Å².